The van der Waals surface area contributed by atoms with Gasteiger partial charge in [-0.15, -0.1) is 0 Å². The van der Waals surface area contributed by atoms with Crippen molar-refractivity contribution in [2.75, 3.05) is 4.72 Å². The van der Waals surface area contributed by atoms with E-state index in [9.17, 15) is 12.8 Å². The van der Waals surface area contributed by atoms with Crippen LogP contribution in [-0.4, -0.2) is 23.4 Å². The number of pyridine rings is 1. The van der Waals surface area contributed by atoms with Crippen molar-refractivity contribution in [2.45, 2.75) is 18.4 Å². The summed E-state index contributed by atoms with van der Waals surface area (Å²) < 4.78 is 39.2. The minimum absolute atomic E-state index is 0.101. The number of aromatic amines is 1. The number of halogens is 1. The summed E-state index contributed by atoms with van der Waals surface area (Å²) in [5.41, 5.74) is -0.155. The van der Waals surface area contributed by atoms with Gasteiger partial charge in [0.2, 0.25) is 0 Å². The van der Waals surface area contributed by atoms with Crippen LogP contribution in [0.1, 0.15) is 12.7 Å². The molecule has 2 N–H and O–H groups in total. The highest BCUT2D eigenvalue weighted by molar-refractivity contribution is 7.92. The highest BCUT2D eigenvalue weighted by Gasteiger charge is 2.18. The first-order chi connectivity index (χ1) is 8.53. The Kier molecular flexibility index (Phi) is 3.28. The van der Waals surface area contributed by atoms with Gasteiger partial charge in [0, 0.05) is 12.6 Å². The molecule has 0 radical (unpaired) electrons. The van der Waals surface area contributed by atoms with Gasteiger partial charge in [0.15, 0.2) is 10.8 Å². The average Bonchev–Trinajstić information content (AvgIpc) is 2.81. The number of aryl methyl sites for hydroxylation is 1. The minimum Gasteiger partial charge on any atom is -0.332 e. The van der Waals surface area contributed by atoms with Crippen molar-refractivity contribution in [1.29, 1.82) is 0 Å². The van der Waals surface area contributed by atoms with E-state index in [2.05, 4.69) is 19.7 Å². The quantitative estimate of drug-likeness (QED) is 0.876. The number of H-pyrrole nitrogens is 1. The van der Waals surface area contributed by atoms with Crippen LogP contribution in [0.25, 0.3) is 0 Å². The lowest BCUT2D eigenvalue weighted by molar-refractivity contribution is 0.595. The molecule has 0 amide bonds. The summed E-state index contributed by atoms with van der Waals surface area (Å²) in [6.45, 7) is 1.84. The van der Waals surface area contributed by atoms with E-state index in [4.69, 9.17) is 0 Å². The predicted molar refractivity (Wildman–Crippen MR) is 63.0 cm³/mol. The highest BCUT2D eigenvalue weighted by Crippen LogP contribution is 2.16. The van der Waals surface area contributed by atoms with Crippen LogP contribution in [0.4, 0.5) is 10.1 Å². The maximum absolute atomic E-state index is 13.3. The zero-order chi connectivity index (χ0) is 13.2. The van der Waals surface area contributed by atoms with E-state index in [1.807, 2.05) is 6.92 Å². The lowest BCUT2D eigenvalue weighted by atomic mass is 10.4. The predicted octanol–water partition coefficient (Wildman–Crippen LogP) is 1.31. The number of hydrogen-bond acceptors (Lipinski definition) is 4. The molecule has 0 aromatic carbocycles. The second kappa shape index (κ2) is 4.73. The zero-order valence-corrected chi connectivity index (χ0v) is 10.3. The van der Waals surface area contributed by atoms with Crippen molar-refractivity contribution < 1.29 is 12.8 Å². The highest BCUT2D eigenvalue weighted by atomic mass is 32.2. The topological polar surface area (TPSA) is 87.7 Å². The maximum atomic E-state index is 13.3. The first-order valence-corrected chi connectivity index (χ1v) is 6.67. The van der Waals surface area contributed by atoms with Gasteiger partial charge in [-0.25, -0.2) is 9.37 Å². The molecule has 2 aromatic heterocycles. The van der Waals surface area contributed by atoms with E-state index in [1.54, 1.807) is 0 Å². The van der Waals surface area contributed by atoms with Crippen molar-refractivity contribution in [3.63, 3.8) is 0 Å². The molecule has 0 unspecified atom stereocenters. The largest absolute Gasteiger partial charge is 0.332 e. The van der Waals surface area contributed by atoms with Crippen LogP contribution in [0.2, 0.25) is 0 Å². The van der Waals surface area contributed by atoms with Gasteiger partial charge in [-0.1, -0.05) is 6.92 Å². The van der Waals surface area contributed by atoms with Gasteiger partial charge >= 0.3 is 0 Å². The third-order valence-electron chi connectivity index (χ3n) is 2.25. The number of aromatic nitrogens is 3. The molecule has 0 aliphatic heterocycles. The van der Waals surface area contributed by atoms with Crippen molar-refractivity contribution >= 4 is 15.7 Å². The van der Waals surface area contributed by atoms with E-state index in [1.165, 1.54) is 18.5 Å². The molecular formula is C10H11FN4O2S. The Hall–Kier alpha value is -1.96. The Bertz CT molecular complexity index is 653. The molecule has 0 atom stereocenters. The summed E-state index contributed by atoms with van der Waals surface area (Å²) in [7, 11) is -3.86. The van der Waals surface area contributed by atoms with Crippen LogP contribution in [0.15, 0.2) is 29.7 Å². The van der Waals surface area contributed by atoms with Crippen LogP contribution in [-0.2, 0) is 16.4 Å². The number of anilines is 1. The molecule has 0 aliphatic rings. The Morgan fingerprint density at radius 3 is 2.83 bits per heavy atom. The van der Waals surface area contributed by atoms with Gasteiger partial charge in [0.05, 0.1) is 18.1 Å². The summed E-state index contributed by atoms with van der Waals surface area (Å²) in [4.78, 5) is 10.1. The van der Waals surface area contributed by atoms with Crippen LogP contribution >= 0.6 is 0 Å². The standard InChI is InChI=1S/C10H11FN4O2S/c1-2-9-13-6-10(14-9)18(16,17)15-8-3-4-12-5-7(8)11/h3-6H,2H2,1H3,(H,12,15)(H,13,14). The van der Waals surface area contributed by atoms with E-state index in [0.717, 1.165) is 6.20 Å². The molecule has 6 nitrogen and oxygen atoms in total. The molecule has 2 heterocycles. The average molecular weight is 270 g/mol. The minimum atomic E-state index is -3.86. The van der Waals surface area contributed by atoms with Crippen LogP contribution in [0, 0.1) is 5.82 Å². The van der Waals surface area contributed by atoms with Crippen LogP contribution in [0.3, 0.4) is 0 Å². The van der Waals surface area contributed by atoms with Crippen molar-refractivity contribution in [3.8, 4) is 0 Å². The van der Waals surface area contributed by atoms with Gasteiger partial charge in [0.25, 0.3) is 10.0 Å². The number of sulfonamides is 1. The summed E-state index contributed by atoms with van der Waals surface area (Å²) in [5, 5.41) is -0.101. The van der Waals surface area contributed by atoms with Crippen molar-refractivity contribution in [3.05, 3.63) is 36.3 Å². The van der Waals surface area contributed by atoms with Crippen molar-refractivity contribution in [1.82, 2.24) is 15.0 Å². The molecule has 18 heavy (non-hydrogen) atoms. The summed E-state index contributed by atoms with van der Waals surface area (Å²) in [6, 6.07) is 1.24. The lowest BCUT2D eigenvalue weighted by Crippen LogP contribution is -2.14. The van der Waals surface area contributed by atoms with Crippen molar-refractivity contribution in [2.24, 2.45) is 0 Å². The summed E-state index contributed by atoms with van der Waals surface area (Å²) in [5.74, 6) is -0.193. The molecule has 0 saturated carbocycles. The van der Waals surface area contributed by atoms with Crippen LogP contribution < -0.4 is 4.72 Å². The number of hydrogen-bond donors (Lipinski definition) is 2. The zero-order valence-electron chi connectivity index (χ0n) is 9.51. The third-order valence-corrected chi connectivity index (χ3v) is 3.52. The Morgan fingerprint density at radius 2 is 2.22 bits per heavy atom. The van der Waals surface area contributed by atoms with E-state index >= 15 is 0 Å². The molecule has 96 valence electrons. The fourth-order valence-electron chi connectivity index (χ4n) is 1.32. The molecule has 8 heteroatoms. The fraction of sp³-hybridized carbons (Fsp3) is 0.200. The Morgan fingerprint density at radius 1 is 1.44 bits per heavy atom. The van der Waals surface area contributed by atoms with Gasteiger partial charge in [-0.3, -0.25) is 9.71 Å². The SMILES string of the molecule is CCc1ncc(S(=O)(=O)Nc2ccncc2F)[nH]1. The van der Waals surface area contributed by atoms with Crippen LogP contribution in [0.5, 0.6) is 0 Å². The molecular weight excluding hydrogens is 259 g/mol. The van der Waals surface area contributed by atoms with E-state index < -0.39 is 15.8 Å². The van der Waals surface area contributed by atoms with Gasteiger partial charge in [-0.05, 0) is 6.07 Å². The number of rotatable bonds is 4. The Balaban J connectivity index is 2.30. The van der Waals surface area contributed by atoms with E-state index in [-0.39, 0.29) is 10.7 Å². The second-order valence-corrected chi connectivity index (χ2v) is 5.16. The number of imidazole rings is 1. The molecule has 0 aliphatic carbocycles. The number of nitrogens with one attached hydrogen (secondary N) is 2. The third kappa shape index (κ3) is 2.48. The monoisotopic (exact) mass is 270 g/mol. The molecule has 0 bridgehead atoms. The first kappa shape index (κ1) is 12.5. The van der Waals surface area contributed by atoms with Gasteiger partial charge in [-0.2, -0.15) is 8.42 Å². The first-order valence-electron chi connectivity index (χ1n) is 5.19. The summed E-state index contributed by atoms with van der Waals surface area (Å²) >= 11 is 0. The fourth-order valence-corrected chi connectivity index (χ4v) is 2.33. The number of nitrogens with zero attached hydrogens (tertiary/aromatic N) is 2. The van der Waals surface area contributed by atoms with E-state index in [0.29, 0.717) is 12.2 Å². The normalized spacial score (nSPS) is 11.4. The van der Waals surface area contributed by atoms with Gasteiger partial charge < -0.3 is 4.98 Å². The molecule has 0 saturated heterocycles. The second-order valence-electron chi connectivity index (χ2n) is 3.51. The Labute approximate surface area is 103 Å². The van der Waals surface area contributed by atoms with Gasteiger partial charge in [0.1, 0.15) is 5.82 Å². The molecule has 0 fully saturated rings. The maximum Gasteiger partial charge on any atom is 0.279 e. The molecule has 2 rings (SSSR count). The lowest BCUT2D eigenvalue weighted by Gasteiger charge is -2.06. The summed E-state index contributed by atoms with van der Waals surface area (Å²) in [6.07, 6.45) is 4.01. The molecule has 2 aromatic rings. The smallest absolute Gasteiger partial charge is 0.279 e. The molecule has 0 spiro atoms.